The molecule has 0 saturated carbocycles. The van der Waals surface area contributed by atoms with E-state index in [0.717, 1.165) is 11.8 Å². The van der Waals surface area contributed by atoms with E-state index in [1.807, 2.05) is 54.6 Å². The first-order valence-corrected chi connectivity index (χ1v) is 11.6. The van der Waals surface area contributed by atoms with Crippen LogP contribution in [-0.2, 0) is 4.79 Å². The normalized spacial score (nSPS) is 11.1. The minimum atomic E-state index is -0.963. The molecule has 2 N–H and O–H groups in total. The van der Waals surface area contributed by atoms with Crippen molar-refractivity contribution in [2.45, 2.75) is 6.92 Å². The number of nitrogens with zero attached hydrogens (tertiary/aromatic N) is 4. The molecule has 1 amide bonds. The number of halogens is 1. The van der Waals surface area contributed by atoms with E-state index in [4.69, 9.17) is 4.74 Å². The topological polar surface area (TPSA) is 104 Å². The molecule has 38 heavy (non-hydrogen) atoms. The number of amides is 1. The Hall–Kier alpha value is -5.49. The lowest BCUT2D eigenvalue weighted by Crippen LogP contribution is -2.12. The molecule has 0 radical (unpaired) electrons. The predicted molar refractivity (Wildman–Crippen MR) is 143 cm³/mol. The Balaban J connectivity index is 1.41. The second-order valence-corrected chi connectivity index (χ2v) is 8.30. The highest BCUT2D eigenvalue weighted by Gasteiger charge is 2.19. The zero-order valence-electron chi connectivity index (χ0n) is 20.2. The maximum absolute atomic E-state index is 14.5. The van der Waals surface area contributed by atoms with Crippen molar-refractivity contribution in [1.82, 2.24) is 14.6 Å². The van der Waals surface area contributed by atoms with Gasteiger partial charge in [-0.2, -0.15) is 10.4 Å². The van der Waals surface area contributed by atoms with Crippen LogP contribution in [0.4, 0.5) is 21.5 Å². The van der Waals surface area contributed by atoms with Gasteiger partial charge in [0.2, 0.25) is 0 Å². The lowest BCUT2D eigenvalue weighted by Gasteiger charge is -2.12. The highest BCUT2D eigenvalue weighted by atomic mass is 19.1. The monoisotopic (exact) mass is 504 g/mol. The summed E-state index contributed by atoms with van der Waals surface area (Å²) in [6.07, 6.45) is 7.12. The van der Waals surface area contributed by atoms with E-state index >= 15 is 0 Å². The summed E-state index contributed by atoms with van der Waals surface area (Å²) in [4.78, 5) is 16.4. The number of carbonyl (C=O) groups excluding carboxylic acids is 1. The Bertz CT molecular complexity index is 1670. The highest BCUT2D eigenvalue weighted by molar-refractivity contribution is 6.06. The standard InChI is InChI=1S/C29H21FN6O2/c1-19-26(35-29(37)25(30)14-20-6-5-13-32-16-20)18-36-28(19)27(21(15-31)17-33-36)34-22-9-11-24(12-10-22)38-23-7-3-2-4-8-23/h2-14,16-18,34H,1H3,(H,35,37). The van der Waals surface area contributed by atoms with Gasteiger partial charge in [0, 0.05) is 23.6 Å². The summed E-state index contributed by atoms with van der Waals surface area (Å²) in [6, 6.07) is 22.2. The summed E-state index contributed by atoms with van der Waals surface area (Å²) in [5, 5.41) is 19.9. The van der Waals surface area contributed by atoms with Crippen LogP contribution in [0.5, 0.6) is 11.5 Å². The Morgan fingerprint density at radius 1 is 1.05 bits per heavy atom. The molecular weight excluding hydrogens is 483 g/mol. The molecule has 0 spiro atoms. The molecule has 3 heterocycles. The van der Waals surface area contributed by atoms with Crippen LogP contribution < -0.4 is 15.4 Å². The molecule has 0 atom stereocenters. The minimum Gasteiger partial charge on any atom is -0.457 e. The first kappa shape index (κ1) is 24.2. The van der Waals surface area contributed by atoms with Gasteiger partial charge in [-0.1, -0.05) is 24.3 Å². The molecule has 186 valence electrons. The van der Waals surface area contributed by atoms with Crippen LogP contribution in [0.1, 0.15) is 16.7 Å². The number of aromatic nitrogens is 3. The predicted octanol–water partition coefficient (Wildman–Crippen LogP) is 6.39. The molecular formula is C29H21FN6O2. The summed E-state index contributed by atoms with van der Waals surface area (Å²) in [5.74, 6) is -0.486. The molecule has 2 aromatic carbocycles. The zero-order chi connectivity index (χ0) is 26.5. The van der Waals surface area contributed by atoms with Crippen LogP contribution in [0.2, 0.25) is 0 Å². The number of aryl methyl sites for hydroxylation is 1. The summed E-state index contributed by atoms with van der Waals surface area (Å²) in [6.45, 7) is 1.76. The number of hydrogen-bond donors (Lipinski definition) is 2. The van der Waals surface area contributed by atoms with Gasteiger partial charge >= 0.3 is 0 Å². The Morgan fingerprint density at radius 3 is 2.53 bits per heavy atom. The quantitative estimate of drug-likeness (QED) is 0.249. The summed E-state index contributed by atoms with van der Waals surface area (Å²) >= 11 is 0. The lowest BCUT2D eigenvalue weighted by atomic mass is 10.1. The first-order valence-electron chi connectivity index (χ1n) is 11.6. The van der Waals surface area contributed by atoms with Crippen molar-refractivity contribution in [3.8, 4) is 17.6 Å². The molecule has 0 unspecified atom stereocenters. The number of benzene rings is 2. The van der Waals surface area contributed by atoms with Crippen LogP contribution in [-0.4, -0.2) is 20.5 Å². The second kappa shape index (κ2) is 10.6. The van der Waals surface area contributed by atoms with Crippen molar-refractivity contribution in [3.63, 3.8) is 0 Å². The third-order valence-electron chi connectivity index (χ3n) is 5.72. The van der Waals surface area contributed by atoms with Crippen molar-refractivity contribution in [2.24, 2.45) is 0 Å². The van der Waals surface area contributed by atoms with Crippen LogP contribution in [0.25, 0.3) is 11.6 Å². The Morgan fingerprint density at radius 2 is 1.82 bits per heavy atom. The SMILES string of the molecule is Cc1c(NC(=O)C(F)=Cc2cccnc2)cn2ncc(C#N)c(Nc3ccc(Oc4ccccc4)cc3)c12. The molecule has 0 aliphatic rings. The number of nitrogens with one attached hydrogen (secondary N) is 2. The number of para-hydroxylation sites is 1. The zero-order valence-corrected chi connectivity index (χ0v) is 20.2. The Kier molecular flexibility index (Phi) is 6.78. The number of hydrogen-bond acceptors (Lipinski definition) is 6. The number of fused-ring (bicyclic) bond motifs is 1. The average Bonchev–Trinajstić information content (AvgIpc) is 3.26. The molecule has 5 aromatic rings. The number of pyridine rings is 1. The number of anilines is 3. The fourth-order valence-electron chi connectivity index (χ4n) is 3.86. The molecule has 0 aliphatic carbocycles. The van der Waals surface area contributed by atoms with Crippen molar-refractivity contribution in [2.75, 3.05) is 10.6 Å². The molecule has 8 nitrogen and oxygen atoms in total. The van der Waals surface area contributed by atoms with Gasteiger partial charge in [0.05, 0.1) is 34.8 Å². The summed E-state index contributed by atoms with van der Waals surface area (Å²) in [5.41, 5.74) is 3.54. The van der Waals surface area contributed by atoms with Gasteiger partial charge < -0.3 is 15.4 Å². The smallest absolute Gasteiger partial charge is 0.284 e. The van der Waals surface area contributed by atoms with Gasteiger partial charge in [-0.3, -0.25) is 9.78 Å². The van der Waals surface area contributed by atoms with E-state index < -0.39 is 11.7 Å². The van der Waals surface area contributed by atoms with Crippen molar-refractivity contribution < 1.29 is 13.9 Å². The van der Waals surface area contributed by atoms with Crippen LogP contribution >= 0.6 is 0 Å². The van der Waals surface area contributed by atoms with Gasteiger partial charge in [-0.25, -0.2) is 8.91 Å². The number of ether oxygens (including phenoxy) is 1. The van der Waals surface area contributed by atoms with Crippen LogP contribution in [0, 0.1) is 18.3 Å². The van der Waals surface area contributed by atoms with E-state index in [0.29, 0.717) is 45.0 Å². The molecule has 5 rings (SSSR count). The van der Waals surface area contributed by atoms with Gasteiger partial charge in [0.25, 0.3) is 5.91 Å². The van der Waals surface area contributed by atoms with Crippen LogP contribution in [0.15, 0.2) is 97.3 Å². The molecule has 0 saturated heterocycles. The van der Waals surface area contributed by atoms with Crippen molar-refractivity contribution >= 4 is 34.6 Å². The van der Waals surface area contributed by atoms with Gasteiger partial charge in [0.1, 0.15) is 17.6 Å². The highest BCUT2D eigenvalue weighted by Crippen LogP contribution is 2.33. The molecule has 0 bridgehead atoms. The van der Waals surface area contributed by atoms with Gasteiger partial charge in [-0.15, -0.1) is 0 Å². The summed E-state index contributed by atoms with van der Waals surface area (Å²) < 4.78 is 21.9. The largest absolute Gasteiger partial charge is 0.457 e. The number of carbonyl (C=O) groups is 1. The third-order valence-corrected chi connectivity index (χ3v) is 5.72. The fourth-order valence-corrected chi connectivity index (χ4v) is 3.86. The third kappa shape index (κ3) is 5.20. The van der Waals surface area contributed by atoms with E-state index in [9.17, 15) is 14.4 Å². The maximum atomic E-state index is 14.5. The number of nitriles is 1. The Labute approximate surface area is 217 Å². The van der Waals surface area contributed by atoms with E-state index in [-0.39, 0.29) is 0 Å². The maximum Gasteiger partial charge on any atom is 0.284 e. The molecule has 9 heteroatoms. The van der Waals surface area contributed by atoms with E-state index in [1.54, 1.807) is 31.5 Å². The summed E-state index contributed by atoms with van der Waals surface area (Å²) in [7, 11) is 0. The van der Waals surface area contributed by atoms with Gasteiger partial charge in [-0.05, 0) is 61.0 Å². The van der Waals surface area contributed by atoms with Crippen molar-refractivity contribution in [3.05, 3.63) is 114 Å². The fraction of sp³-hybridized carbons (Fsp3) is 0.0345. The van der Waals surface area contributed by atoms with E-state index in [2.05, 4.69) is 26.8 Å². The van der Waals surface area contributed by atoms with Crippen molar-refractivity contribution in [1.29, 1.82) is 5.26 Å². The first-order chi connectivity index (χ1) is 18.5. The average molecular weight is 505 g/mol. The minimum absolute atomic E-state index is 0.309. The van der Waals surface area contributed by atoms with Gasteiger partial charge in [0.15, 0.2) is 5.83 Å². The number of rotatable bonds is 7. The molecule has 0 fully saturated rings. The lowest BCUT2D eigenvalue weighted by molar-refractivity contribution is -0.114. The van der Waals surface area contributed by atoms with E-state index in [1.165, 1.54) is 16.9 Å². The van der Waals surface area contributed by atoms with Crippen LogP contribution in [0.3, 0.4) is 0 Å². The molecule has 0 aliphatic heterocycles. The second-order valence-electron chi connectivity index (χ2n) is 8.30. The molecule has 3 aromatic heterocycles.